The van der Waals surface area contributed by atoms with E-state index in [4.69, 9.17) is 0 Å². The van der Waals surface area contributed by atoms with Crippen molar-refractivity contribution in [3.63, 3.8) is 0 Å². The Morgan fingerprint density at radius 2 is 1.72 bits per heavy atom. The summed E-state index contributed by atoms with van der Waals surface area (Å²) < 4.78 is 2.10. The van der Waals surface area contributed by atoms with Gasteiger partial charge in [-0.1, -0.05) is 90.6 Å². The monoisotopic (exact) mass is 440 g/mol. The standard InChI is InChI=1S/C27H28N4S/c1-30-26(23-10-3-2-4-11-23)28-29-27(30)32-20-8-17-31-18-15-22(16-19-31)25-14-7-12-21-9-5-6-13-24(21)25/h2-7,9-15H,8,16-20H2,1H3. The van der Waals surface area contributed by atoms with E-state index in [-0.39, 0.29) is 0 Å². The molecule has 5 heteroatoms. The Balaban J connectivity index is 1.14. The van der Waals surface area contributed by atoms with Crippen LogP contribution in [0.3, 0.4) is 0 Å². The van der Waals surface area contributed by atoms with Gasteiger partial charge in [0.05, 0.1) is 0 Å². The van der Waals surface area contributed by atoms with Crippen LogP contribution in [0.1, 0.15) is 18.4 Å². The van der Waals surface area contributed by atoms with Gasteiger partial charge in [0.1, 0.15) is 0 Å². The maximum Gasteiger partial charge on any atom is 0.191 e. The predicted molar refractivity (Wildman–Crippen MR) is 135 cm³/mol. The zero-order chi connectivity index (χ0) is 21.8. The van der Waals surface area contributed by atoms with Crippen LogP contribution in [0.25, 0.3) is 27.7 Å². The SMILES string of the molecule is Cn1c(SCCCN2CC=C(c3cccc4ccccc34)CC2)nnc1-c1ccccc1. The van der Waals surface area contributed by atoms with E-state index in [1.54, 1.807) is 11.8 Å². The van der Waals surface area contributed by atoms with Crippen LogP contribution in [0, 0.1) is 0 Å². The molecule has 5 rings (SSSR count). The molecule has 4 nitrogen and oxygen atoms in total. The summed E-state index contributed by atoms with van der Waals surface area (Å²) in [6.45, 7) is 3.28. The highest BCUT2D eigenvalue weighted by molar-refractivity contribution is 7.99. The highest BCUT2D eigenvalue weighted by Gasteiger charge is 2.15. The van der Waals surface area contributed by atoms with Crippen LogP contribution in [-0.2, 0) is 7.05 Å². The van der Waals surface area contributed by atoms with Crippen LogP contribution in [0.4, 0.5) is 0 Å². The lowest BCUT2D eigenvalue weighted by atomic mass is 9.94. The van der Waals surface area contributed by atoms with Crippen molar-refractivity contribution in [3.05, 3.63) is 84.4 Å². The molecule has 2 heterocycles. The fourth-order valence-corrected chi connectivity index (χ4v) is 5.23. The van der Waals surface area contributed by atoms with Crippen molar-refractivity contribution in [2.45, 2.75) is 18.0 Å². The summed E-state index contributed by atoms with van der Waals surface area (Å²) in [5.41, 5.74) is 3.99. The van der Waals surface area contributed by atoms with E-state index in [0.717, 1.165) is 54.8 Å². The van der Waals surface area contributed by atoms with Crippen LogP contribution < -0.4 is 0 Å². The average molecular weight is 441 g/mol. The van der Waals surface area contributed by atoms with Gasteiger partial charge in [-0.2, -0.15) is 0 Å². The maximum atomic E-state index is 4.40. The zero-order valence-corrected chi connectivity index (χ0v) is 19.3. The number of aromatic nitrogens is 3. The molecule has 0 saturated carbocycles. The van der Waals surface area contributed by atoms with E-state index in [1.807, 2.05) is 18.2 Å². The molecule has 4 aromatic rings. The lowest BCUT2D eigenvalue weighted by Crippen LogP contribution is -2.29. The fourth-order valence-electron chi connectivity index (χ4n) is 4.40. The van der Waals surface area contributed by atoms with Gasteiger partial charge in [0.15, 0.2) is 11.0 Å². The molecule has 1 aliphatic heterocycles. The third-order valence-electron chi connectivity index (χ3n) is 6.15. The van der Waals surface area contributed by atoms with Gasteiger partial charge >= 0.3 is 0 Å². The van der Waals surface area contributed by atoms with Crippen molar-refractivity contribution in [1.82, 2.24) is 19.7 Å². The largest absolute Gasteiger partial charge is 0.305 e. The first-order chi connectivity index (χ1) is 15.8. The van der Waals surface area contributed by atoms with Gasteiger partial charge in [0.25, 0.3) is 0 Å². The molecule has 0 N–H and O–H groups in total. The van der Waals surface area contributed by atoms with Gasteiger partial charge in [-0.25, -0.2) is 0 Å². The topological polar surface area (TPSA) is 34.0 Å². The molecule has 0 saturated heterocycles. The van der Waals surface area contributed by atoms with Crippen molar-refractivity contribution >= 4 is 28.1 Å². The Hall–Kier alpha value is -2.89. The molecular weight excluding hydrogens is 412 g/mol. The summed E-state index contributed by atoms with van der Waals surface area (Å²) in [6, 6.07) is 25.6. The predicted octanol–water partition coefficient (Wildman–Crippen LogP) is 5.91. The molecule has 32 heavy (non-hydrogen) atoms. The summed E-state index contributed by atoms with van der Waals surface area (Å²) in [5.74, 6) is 1.98. The molecule has 0 atom stereocenters. The van der Waals surface area contributed by atoms with E-state index < -0.39 is 0 Å². The second-order valence-electron chi connectivity index (χ2n) is 8.24. The van der Waals surface area contributed by atoms with Gasteiger partial charge in [-0.15, -0.1) is 10.2 Å². The first-order valence-electron chi connectivity index (χ1n) is 11.3. The van der Waals surface area contributed by atoms with Crippen LogP contribution in [-0.4, -0.2) is 45.1 Å². The van der Waals surface area contributed by atoms with Gasteiger partial charge in [-0.3, -0.25) is 4.90 Å². The van der Waals surface area contributed by atoms with E-state index in [1.165, 1.54) is 21.9 Å². The quantitative estimate of drug-likeness (QED) is 0.264. The molecule has 1 aliphatic rings. The summed E-state index contributed by atoms with van der Waals surface area (Å²) in [5, 5.41) is 12.5. The molecule has 0 amide bonds. The Labute approximate surface area is 194 Å². The summed E-state index contributed by atoms with van der Waals surface area (Å²) in [7, 11) is 2.05. The minimum atomic E-state index is 0.926. The lowest BCUT2D eigenvalue weighted by Gasteiger charge is -2.26. The molecule has 162 valence electrons. The maximum absolute atomic E-state index is 4.40. The number of nitrogens with zero attached hydrogens (tertiary/aromatic N) is 4. The van der Waals surface area contributed by atoms with Gasteiger partial charge < -0.3 is 4.57 Å². The van der Waals surface area contributed by atoms with Crippen LogP contribution in [0.2, 0.25) is 0 Å². The van der Waals surface area contributed by atoms with Crippen molar-refractivity contribution in [1.29, 1.82) is 0 Å². The van der Waals surface area contributed by atoms with E-state index >= 15 is 0 Å². The molecule has 0 aliphatic carbocycles. The fraction of sp³-hybridized carbons (Fsp3) is 0.259. The van der Waals surface area contributed by atoms with E-state index in [2.05, 4.69) is 87.4 Å². The molecule has 0 fully saturated rings. The van der Waals surface area contributed by atoms with Crippen LogP contribution >= 0.6 is 11.8 Å². The second kappa shape index (κ2) is 9.72. The molecule has 3 aromatic carbocycles. The molecular formula is C27H28N4S. The van der Waals surface area contributed by atoms with Gasteiger partial charge in [-0.05, 0) is 41.3 Å². The smallest absolute Gasteiger partial charge is 0.191 e. The highest BCUT2D eigenvalue weighted by Crippen LogP contribution is 2.29. The minimum absolute atomic E-state index is 0.926. The van der Waals surface area contributed by atoms with Crippen LogP contribution in [0.5, 0.6) is 0 Å². The van der Waals surface area contributed by atoms with Crippen LogP contribution in [0.15, 0.2) is 84.0 Å². The van der Waals surface area contributed by atoms with Gasteiger partial charge in [0, 0.05) is 31.5 Å². The summed E-state index contributed by atoms with van der Waals surface area (Å²) in [6.07, 6.45) is 4.69. The Bertz CT molecular complexity index is 1220. The summed E-state index contributed by atoms with van der Waals surface area (Å²) in [4.78, 5) is 2.56. The first-order valence-corrected chi connectivity index (χ1v) is 12.3. The number of thioether (sulfide) groups is 1. The molecule has 0 spiro atoms. The highest BCUT2D eigenvalue weighted by atomic mass is 32.2. The van der Waals surface area contributed by atoms with Crippen molar-refractivity contribution < 1.29 is 0 Å². The third-order valence-corrected chi connectivity index (χ3v) is 7.25. The Morgan fingerprint density at radius 3 is 2.56 bits per heavy atom. The summed E-state index contributed by atoms with van der Waals surface area (Å²) >= 11 is 1.80. The van der Waals surface area contributed by atoms with Crippen molar-refractivity contribution in [3.8, 4) is 11.4 Å². The first kappa shape index (κ1) is 21.0. The molecule has 0 radical (unpaired) electrons. The van der Waals surface area contributed by atoms with E-state index in [0.29, 0.717) is 0 Å². The molecule has 1 aromatic heterocycles. The third kappa shape index (κ3) is 4.50. The normalized spacial score (nSPS) is 14.6. The number of fused-ring (bicyclic) bond motifs is 1. The Kier molecular flexibility index (Phi) is 6.37. The number of hydrogen-bond donors (Lipinski definition) is 0. The molecule has 0 bridgehead atoms. The zero-order valence-electron chi connectivity index (χ0n) is 18.4. The van der Waals surface area contributed by atoms with E-state index in [9.17, 15) is 0 Å². The second-order valence-corrected chi connectivity index (χ2v) is 9.30. The minimum Gasteiger partial charge on any atom is -0.305 e. The Morgan fingerprint density at radius 1 is 0.906 bits per heavy atom. The lowest BCUT2D eigenvalue weighted by molar-refractivity contribution is 0.303. The van der Waals surface area contributed by atoms with Crippen molar-refractivity contribution in [2.24, 2.45) is 7.05 Å². The number of benzene rings is 3. The average Bonchev–Trinajstić information content (AvgIpc) is 3.22. The van der Waals surface area contributed by atoms with Gasteiger partial charge in [0.2, 0.25) is 0 Å². The molecule has 0 unspecified atom stereocenters. The number of rotatable bonds is 7. The van der Waals surface area contributed by atoms with Crippen molar-refractivity contribution in [2.75, 3.05) is 25.4 Å². The number of hydrogen-bond acceptors (Lipinski definition) is 4.